The van der Waals surface area contributed by atoms with Crippen LogP contribution in [0.5, 0.6) is 0 Å². The zero-order chi connectivity index (χ0) is 23.3. The first-order valence-corrected chi connectivity index (χ1v) is 12.2. The first-order chi connectivity index (χ1) is 15.1. The van der Waals surface area contributed by atoms with Gasteiger partial charge in [0.25, 0.3) is 10.0 Å². The zero-order valence-corrected chi connectivity index (χ0v) is 19.3. The van der Waals surface area contributed by atoms with Crippen LogP contribution in [0.2, 0.25) is 5.02 Å². The molecule has 2 fully saturated rings. The van der Waals surface area contributed by atoms with Gasteiger partial charge in [0.15, 0.2) is 10.7 Å². The number of aromatic nitrogens is 1. The average Bonchev–Trinajstić information content (AvgIpc) is 3.17. The molecule has 1 aliphatic heterocycles. The summed E-state index contributed by atoms with van der Waals surface area (Å²) in [5, 5.41) is -0.462. The molecule has 0 bridgehead atoms. The van der Waals surface area contributed by atoms with Crippen LogP contribution in [0.15, 0.2) is 29.2 Å². The molecule has 2 aromatic rings. The second-order valence-corrected chi connectivity index (χ2v) is 10.4. The smallest absolute Gasteiger partial charge is 0.268 e. The van der Waals surface area contributed by atoms with Gasteiger partial charge in [-0.15, -0.1) is 0 Å². The maximum absolute atomic E-state index is 15.1. The number of sulfonamides is 1. The monoisotopic (exact) mass is 488 g/mol. The molecule has 1 saturated heterocycles. The van der Waals surface area contributed by atoms with E-state index in [-0.39, 0.29) is 11.1 Å². The molecule has 1 N–H and O–H groups in total. The minimum absolute atomic E-state index is 0.0381. The largest absolute Gasteiger partial charge is 0.370 e. The highest BCUT2D eigenvalue weighted by Crippen LogP contribution is 2.52. The van der Waals surface area contributed by atoms with Crippen molar-refractivity contribution >= 4 is 33.1 Å². The maximum atomic E-state index is 15.1. The quantitative estimate of drug-likeness (QED) is 0.486. The van der Waals surface area contributed by atoms with Crippen molar-refractivity contribution in [1.82, 2.24) is 9.88 Å². The topological polar surface area (TPSA) is 65.5 Å². The summed E-state index contributed by atoms with van der Waals surface area (Å²) in [7, 11) is -2.66. The van der Waals surface area contributed by atoms with Gasteiger partial charge in [-0.3, -0.25) is 4.72 Å². The summed E-state index contributed by atoms with van der Waals surface area (Å²) in [6.07, 6.45) is 2.97. The van der Waals surface area contributed by atoms with Gasteiger partial charge in [0.05, 0.1) is 5.69 Å². The van der Waals surface area contributed by atoms with E-state index >= 15 is 4.39 Å². The van der Waals surface area contributed by atoms with Crippen molar-refractivity contribution in [1.29, 1.82) is 0 Å². The molecule has 2 heterocycles. The van der Waals surface area contributed by atoms with E-state index in [2.05, 4.69) is 23.9 Å². The third-order valence-electron chi connectivity index (χ3n) is 6.70. The fourth-order valence-electron chi connectivity index (χ4n) is 4.86. The van der Waals surface area contributed by atoms with Crippen LogP contribution in [0.1, 0.15) is 26.2 Å². The van der Waals surface area contributed by atoms with Gasteiger partial charge in [-0.05, 0) is 45.0 Å². The Labute approximate surface area is 190 Å². The van der Waals surface area contributed by atoms with Gasteiger partial charge >= 0.3 is 0 Å². The molecule has 1 aromatic carbocycles. The molecule has 1 spiro atoms. The van der Waals surface area contributed by atoms with Gasteiger partial charge in [-0.2, -0.15) is 4.39 Å². The molecule has 0 amide bonds. The second kappa shape index (κ2) is 8.39. The lowest BCUT2D eigenvalue weighted by molar-refractivity contribution is 0.00631. The Balaban J connectivity index is 1.62. The SMILES string of the molecule is CCN(C)C1CC[C@@]12CCN(c1cc(F)c(S(=O)(=O)Nc3cccc(F)n3)c(F)c1Cl)C2. The van der Waals surface area contributed by atoms with E-state index in [1.807, 2.05) is 9.62 Å². The summed E-state index contributed by atoms with van der Waals surface area (Å²) >= 11 is 6.20. The van der Waals surface area contributed by atoms with Crippen LogP contribution in [0.4, 0.5) is 24.7 Å². The van der Waals surface area contributed by atoms with Gasteiger partial charge in [0.2, 0.25) is 5.95 Å². The van der Waals surface area contributed by atoms with E-state index in [1.54, 1.807) is 0 Å². The van der Waals surface area contributed by atoms with E-state index in [0.29, 0.717) is 19.1 Å². The number of rotatable bonds is 6. The highest BCUT2D eigenvalue weighted by molar-refractivity contribution is 7.92. The number of nitrogens with one attached hydrogen (secondary N) is 1. The van der Waals surface area contributed by atoms with Gasteiger partial charge in [-0.1, -0.05) is 24.6 Å². The summed E-state index contributed by atoms with van der Waals surface area (Å²) in [5.41, 5.74) is 0.169. The molecule has 1 aromatic heterocycles. The average molecular weight is 489 g/mol. The van der Waals surface area contributed by atoms with Gasteiger partial charge < -0.3 is 9.80 Å². The molecule has 11 heteroatoms. The number of hydrogen-bond acceptors (Lipinski definition) is 5. The third-order valence-corrected chi connectivity index (χ3v) is 8.45. The molecule has 1 aliphatic carbocycles. The Kier molecular flexibility index (Phi) is 6.06. The third kappa shape index (κ3) is 3.92. The Hall–Kier alpha value is -2.04. The molecule has 0 radical (unpaired) electrons. The minimum Gasteiger partial charge on any atom is -0.370 e. The Morgan fingerprint density at radius 1 is 1.31 bits per heavy atom. The molecule has 1 unspecified atom stereocenters. The summed E-state index contributed by atoms with van der Waals surface area (Å²) in [4.78, 5) is 6.25. The Morgan fingerprint density at radius 2 is 2.06 bits per heavy atom. The number of anilines is 2. The molecule has 1 saturated carbocycles. The van der Waals surface area contributed by atoms with E-state index in [0.717, 1.165) is 37.9 Å². The number of pyridine rings is 1. The first-order valence-electron chi connectivity index (χ1n) is 10.4. The lowest BCUT2D eigenvalue weighted by atomic mass is 9.63. The molecule has 2 atom stereocenters. The van der Waals surface area contributed by atoms with Gasteiger partial charge in [0, 0.05) is 30.6 Å². The summed E-state index contributed by atoms with van der Waals surface area (Å²) in [6, 6.07) is 4.75. The highest BCUT2D eigenvalue weighted by atomic mass is 35.5. The Bertz CT molecular complexity index is 1150. The number of halogens is 4. The van der Waals surface area contributed by atoms with Crippen LogP contribution in [-0.4, -0.2) is 51.0 Å². The molecule has 32 heavy (non-hydrogen) atoms. The van der Waals surface area contributed by atoms with Crippen molar-refractivity contribution in [2.45, 2.75) is 37.1 Å². The fourth-order valence-corrected chi connectivity index (χ4v) is 6.33. The summed E-state index contributed by atoms with van der Waals surface area (Å²) in [5.74, 6) is -4.00. The molecule has 2 aliphatic rings. The van der Waals surface area contributed by atoms with Crippen molar-refractivity contribution in [2.75, 3.05) is 36.3 Å². The molecular weight excluding hydrogens is 465 g/mol. The van der Waals surface area contributed by atoms with E-state index in [9.17, 15) is 17.2 Å². The standard InChI is InChI=1S/C21H24ClF3N4O2S/c1-3-28(2)15-7-8-21(15)9-10-29(12-21)14-11-13(23)20(19(25)18(14)22)32(30,31)27-17-6-4-5-16(24)26-17/h4-6,11,15H,3,7-10,12H2,1-2H3,(H,26,27)/t15?,21-/m0/s1. The van der Waals surface area contributed by atoms with Crippen molar-refractivity contribution in [3.8, 4) is 0 Å². The molecular formula is C21H24ClF3N4O2S. The number of benzene rings is 1. The predicted molar refractivity (Wildman–Crippen MR) is 117 cm³/mol. The van der Waals surface area contributed by atoms with Crippen LogP contribution < -0.4 is 9.62 Å². The normalized spacial score (nSPS) is 23.1. The lowest BCUT2D eigenvalue weighted by Crippen LogP contribution is -2.55. The summed E-state index contributed by atoms with van der Waals surface area (Å²) in [6.45, 7) is 4.17. The number of nitrogens with zero attached hydrogens (tertiary/aromatic N) is 3. The van der Waals surface area contributed by atoms with E-state index < -0.39 is 43.3 Å². The van der Waals surface area contributed by atoms with Crippen LogP contribution in [0, 0.1) is 23.0 Å². The van der Waals surface area contributed by atoms with Gasteiger partial charge in [0.1, 0.15) is 16.7 Å². The maximum Gasteiger partial charge on any atom is 0.268 e. The van der Waals surface area contributed by atoms with Crippen molar-refractivity contribution < 1.29 is 21.6 Å². The summed E-state index contributed by atoms with van der Waals surface area (Å²) < 4.78 is 70.4. The molecule has 4 rings (SSSR count). The second-order valence-electron chi connectivity index (χ2n) is 8.45. The molecule has 6 nitrogen and oxygen atoms in total. The van der Waals surface area contributed by atoms with Crippen molar-refractivity contribution in [3.05, 3.63) is 46.9 Å². The lowest BCUT2D eigenvalue weighted by Gasteiger charge is -2.51. The van der Waals surface area contributed by atoms with E-state index in [4.69, 9.17) is 11.6 Å². The van der Waals surface area contributed by atoms with Crippen LogP contribution in [0.25, 0.3) is 0 Å². The van der Waals surface area contributed by atoms with Crippen molar-refractivity contribution in [3.63, 3.8) is 0 Å². The van der Waals surface area contributed by atoms with Crippen LogP contribution in [-0.2, 0) is 10.0 Å². The minimum atomic E-state index is -4.73. The first kappa shape index (κ1) is 23.1. The highest BCUT2D eigenvalue weighted by Gasteiger charge is 2.52. The number of hydrogen-bond donors (Lipinski definition) is 1. The fraction of sp³-hybridized carbons (Fsp3) is 0.476. The Morgan fingerprint density at radius 3 is 2.69 bits per heavy atom. The predicted octanol–water partition coefficient (Wildman–Crippen LogP) is 4.26. The molecule has 174 valence electrons. The van der Waals surface area contributed by atoms with Crippen LogP contribution in [0.3, 0.4) is 0 Å². The zero-order valence-electron chi connectivity index (χ0n) is 17.7. The van der Waals surface area contributed by atoms with E-state index in [1.165, 1.54) is 12.1 Å². The van der Waals surface area contributed by atoms with Crippen LogP contribution >= 0.6 is 11.6 Å². The van der Waals surface area contributed by atoms with Crippen molar-refractivity contribution in [2.24, 2.45) is 5.41 Å². The van der Waals surface area contributed by atoms with Gasteiger partial charge in [-0.25, -0.2) is 22.2 Å².